The zero-order valence-electron chi connectivity index (χ0n) is 20.9. The number of nitrogens with one attached hydrogen (secondary N) is 1. The Bertz CT molecular complexity index is 1260. The molecule has 1 N–H and O–H groups in total. The molecule has 0 spiro atoms. The Hall–Kier alpha value is -4.45. The van der Waals surface area contributed by atoms with Crippen molar-refractivity contribution in [3.05, 3.63) is 132 Å². The van der Waals surface area contributed by atoms with Crippen molar-refractivity contribution in [3.8, 4) is 5.75 Å². The van der Waals surface area contributed by atoms with Gasteiger partial charge in [-0.05, 0) is 46.5 Å². The van der Waals surface area contributed by atoms with E-state index in [0.717, 1.165) is 28.0 Å². The molecule has 0 fully saturated rings. The van der Waals surface area contributed by atoms with Gasteiger partial charge < -0.3 is 15.0 Å². The Balaban J connectivity index is 1.64. The summed E-state index contributed by atoms with van der Waals surface area (Å²) >= 11 is 0. The van der Waals surface area contributed by atoms with E-state index in [4.69, 9.17) is 4.74 Å². The van der Waals surface area contributed by atoms with Crippen LogP contribution < -0.4 is 10.1 Å². The quantitative estimate of drug-likeness (QED) is 0.332. The minimum absolute atomic E-state index is 0.109. The van der Waals surface area contributed by atoms with Crippen molar-refractivity contribution < 1.29 is 14.3 Å². The highest BCUT2D eigenvalue weighted by Gasteiger charge is 2.30. The standard InChI is InChI=1S/C31H31N3O3/c1-37-28-14-12-27(13-15-28)23-34(30(35)21-25-10-6-3-7-11-25)29(20-24-8-4-2-5-9-24)31(36)33-22-26-16-18-32-19-17-26/h2-19,29H,20-23H2,1H3,(H,33,36)/t29-/m0/s1. The third-order valence-corrected chi connectivity index (χ3v) is 6.20. The molecule has 0 saturated heterocycles. The maximum Gasteiger partial charge on any atom is 0.243 e. The van der Waals surface area contributed by atoms with Gasteiger partial charge in [0.05, 0.1) is 13.5 Å². The molecule has 0 aliphatic heterocycles. The second-order valence-electron chi connectivity index (χ2n) is 8.81. The fraction of sp³-hybridized carbons (Fsp3) is 0.194. The number of amides is 2. The van der Waals surface area contributed by atoms with Crippen LogP contribution in [0, 0.1) is 0 Å². The average Bonchev–Trinajstić information content (AvgIpc) is 2.95. The van der Waals surface area contributed by atoms with Crippen LogP contribution in [0.5, 0.6) is 5.75 Å². The van der Waals surface area contributed by atoms with Gasteiger partial charge in [-0.25, -0.2) is 0 Å². The van der Waals surface area contributed by atoms with Crippen molar-refractivity contribution in [1.82, 2.24) is 15.2 Å². The van der Waals surface area contributed by atoms with Gasteiger partial charge in [-0.1, -0.05) is 72.8 Å². The van der Waals surface area contributed by atoms with Crippen LogP contribution in [-0.4, -0.2) is 34.8 Å². The topological polar surface area (TPSA) is 71.5 Å². The third-order valence-electron chi connectivity index (χ3n) is 6.20. The normalized spacial score (nSPS) is 11.4. The van der Waals surface area contributed by atoms with E-state index in [-0.39, 0.29) is 18.2 Å². The van der Waals surface area contributed by atoms with E-state index in [1.807, 2.05) is 97.1 Å². The molecule has 0 aliphatic rings. The number of hydrogen-bond acceptors (Lipinski definition) is 4. The maximum absolute atomic E-state index is 13.8. The van der Waals surface area contributed by atoms with E-state index < -0.39 is 6.04 Å². The molecule has 4 aromatic rings. The number of pyridine rings is 1. The van der Waals surface area contributed by atoms with E-state index in [1.54, 1.807) is 24.4 Å². The zero-order chi connectivity index (χ0) is 25.9. The van der Waals surface area contributed by atoms with Crippen LogP contribution in [0.4, 0.5) is 0 Å². The summed E-state index contributed by atoms with van der Waals surface area (Å²) in [6.07, 6.45) is 4.00. The van der Waals surface area contributed by atoms with Crippen LogP contribution in [0.2, 0.25) is 0 Å². The van der Waals surface area contributed by atoms with Gasteiger partial charge >= 0.3 is 0 Å². The molecule has 1 aromatic heterocycles. The lowest BCUT2D eigenvalue weighted by Gasteiger charge is -2.32. The molecular formula is C31H31N3O3. The third kappa shape index (κ3) is 7.51. The summed E-state index contributed by atoms with van der Waals surface area (Å²) in [5.41, 5.74) is 3.75. The number of carbonyl (C=O) groups is 2. The van der Waals surface area contributed by atoms with Gasteiger partial charge in [0.15, 0.2) is 0 Å². The molecule has 6 heteroatoms. The molecule has 3 aromatic carbocycles. The van der Waals surface area contributed by atoms with Crippen molar-refractivity contribution in [2.45, 2.75) is 32.0 Å². The summed E-state index contributed by atoms with van der Waals surface area (Å²) in [5, 5.41) is 3.04. The lowest BCUT2D eigenvalue weighted by molar-refractivity contribution is -0.140. The molecular weight excluding hydrogens is 462 g/mol. The Morgan fingerprint density at radius 3 is 2.03 bits per heavy atom. The SMILES string of the molecule is COc1ccc(CN(C(=O)Cc2ccccc2)[C@@H](Cc2ccccc2)C(=O)NCc2ccncc2)cc1. The first-order valence-corrected chi connectivity index (χ1v) is 12.3. The van der Waals surface area contributed by atoms with E-state index in [1.165, 1.54) is 0 Å². The number of rotatable bonds is 11. The molecule has 0 aliphatic carbocycles. The van der Waals surface area contributed by atoms with Crippen LogP contribution in [-0.2, 0) is 35.5 Å². The molecule has 188 valence electrons. The highest BCUT2D eigenvalue weighted by atomic mass is 16.5. The number of hydrogen-bond donors (Lipinski definition) is 1. The lowest BCUT2D eigenvalue weighted by Crippen LogP contribution is -2.50. The second-order valence-corrected chi connectivity index (χ2v) is 8.81. The summed E-state index contributed by atoms with van der Waals surface area (Å²) in [4.78, 5) is 33.2. The second kappa shape index (κ2) is 13.0. The van der Waals surface area contributed by atoms with E-state index in [9.17, 15) is 9.59 Å². The molecule has 4 rings (SSSR count). The Morgan fingerprint density at radius 2 is 1.41 bits per heavy atom. The van der Waals surface area contributed by atoms with E-state index in [2.05, 4.69) is 10.3 Å². The molecule has 37 heavy (non-hydrogen) atoms. The molecule has 0 saturated carbocycles. The minimum atomic E-state index is -0.692. The average molecular weight is 494 g/mol. The van der Waals surface area contributed by atoms with Gasteiger partial charge in [-0.2, -0.15) is 0 Å². The summed E-state index contributed by atoms with van der Waals surface area (Å²) in [6, 6.07) is 30.0. The Morgan fingerprint density at radius 1 is 0.784 bits per heavy atom. The molecule has 2 amide bonds. The zero-order valence-corrected chi connectivity index (χ0v) is 20.9. The highest BCUT2D eigenvalue weighted by Crippen LogP contribution is 2.19. The first-order chi connectivity index (χ1) is 18.1. The van der Waals surface area contributed by atoms with Crippen molar-refractivity contribution >= 4 is 11.8 Å². The minimum Gasteiger partial charge on any atom is -0.497 e. The number of ether oxygens (including phenoxy) is 1. The lowest BCUT2D eigenvalue weighted by atomic mass is 10.0. The summed E-state index contributed by atoms with van der Waals surface area (Å²) in [6.45, 7) is 0.658. The van der Waals surface area contributed by atoms with Crippen molar-refractivity contribution in [2.75, 3.05) is 7.11 Å². The van der Waals surface area contributed by atoms with Crippen LogP contribution in [0.15, 0.2) is 109 Å². The smallest absolute Gasteiger partial charge is 0.243 e. The van der Waals surface area contributed by atoms with Crippen molar-refractivity contribution in [2.24, 2.45) is 0 Å². The van der Waals surface area contributed by atoms with Gasteiger partial charge in [0.1, 0.15) is 11.8 Å². The van der Waals surface area contributed by atoms with Crippen molar-refractivity contribution in [1.29, 1.82) is 0 Å². The molecule has 1 heterocycles. The molecule has 0 radical (unpaired) electrons. The molecule has 0 unspecified atom stereocenters. The maximum atomic E-state index is 13.8. The van der Waals surface area contributed by atoms with Crippen LogP contribution >= 0.6 is 0 Å². The molecule has 0 bridgehead atoms. The number of carbonyl (C=O) groups excluding carboxylic acids is 2. The fourth-order valence-corrected chi connectivity index (χ4v) is 4.16. The first kappa shape index (κ1) is 25.6. The number of nitrogens with zero attached hydrogens (tertiary/aromatic N) is 2. The summed E-state index contributed by atoms with van der Waals surface area (Å²) < 4.78 is 5.29. The van der Waals surface area contributed by atoms with Crippen molar-refractivity contribution in [3.63, 3.8) is 0 Å². The summed E-state index contributed by atoms with van der Waals surface area (Å²) in [5.74, 6) is 0.430. The monoisotopic (exact) mass is 493 g/mol. The van der Waals surface area contributed by atoms with Crippen LogP contribution in [0.3, 0.4) is 0 Å². The summed E-state index contributed by atoms with van der Waals surface area (Å²) in [7, 11) is 1.62. The van der Waals surface area contributed by atoms with Gasteiger partial charge in [0.2, 0.25) is 11.8 Å². The Labute approximate surface area is 217 Å². The van der Waals surface area contributed by atoms with E-state index >= 15 is 0 Å². The van der Waals surface area contributed by atoms with Gasteiger partial charge in [-0.3, -0.25) is 14.6 Å². The predicted octanol–water partition coefficient (Wildman–Crippen LogP) is 4.59. The molecule has 6 nitrogen and oxygen atoms in total. The fourth-order valence-electron chi connectivity index (χ4n) is 4.16. The van der Waals surface area contributed by atoms with E-state index in [0.29, 0.717) is 19.5 Å². The predicted molar refractivity (Wildman–Crippen MR) is 144 cm³/mol. The van der Waals surface area contributed by atoms with Crippen LogP contribution in [0.25, 0.3) is 0 Å². The highest BCUT2D eigenvalue weighted by molar-refractivity contribution is 5.88. The first-order valence-electron chi connectivity index (χ1n) is 12.3. The van der Waals surface area contributed by atoms with Gasteiger partial charge in [0, 0.05) is 31.9 Å². The van der Waals surface area contributed by atoms with Gasteiger partial charge in [0.25, 0.3) is 0 Å². The van der Waals surface area contributed by atoms with Crippen LogP contribution in [0.1, 0.15) is 22.3 Å². The number of benzene rings is 3. The van der Waals surface area contributed by atoms with Gasteiger partial charge in [-0.15, -0.1) is 0 Å². The number of aromatic nitrogens is 1. The molecule has 1 atom stereocenters. The Kier molecular flexibility index (Phi) is 9.02. The number of methoxy groups -OCH3 is 1. The largest absolute Gasteiger partial charge is 0.497 e.